The molecule has 2 aromatic carbocycles. The number of nitrogens with one attached hydrogen (secondary N) is 1. The molecular weight excluding hydrogens is 422 g/mol. The van der Waals surface area contributed by atoms with Gasteiger partial charge in [-0.1, -0.05) is 28.1 Å². The maximum atomic E-state index is 13.1. The van der Waals surface area contributed by atoms with Crippen LogP contribution in [-0.2, 0) is 4.74 Å². The summed E-state index contributed by atoms with van der Waals surface area (Å²) in [6, 6.07) is 14.6. The fourth-order valence-electron chi connectivity index (χ4n) is 3.67. The van der Waals surface area contributed by atoms with Gasteiger partial charge in [0.1, 0.15) is 11.4 Å². The number of methoxy groups -OCH3 is 1. The van der Waals surface area contributed by atoms with E-state index in [1.807, 2.05) is 41.3 Å². The second-order valence-electron chi connectivity index (χ2n) is 6.71. The first kappa shape index (κ1) is 18.7. The number of fused-ring (bicyclic) bond motifs is 1. The Hall–Kier alpha value is -2.64. The van der Waals surface area contributed by atoms with Crippen LogP contribution in [0.3, 0.4) is 0 Å². The van der Waals surface area contributed by atoms with E-state index in [-0.39, 0.29) is 17.7 Å². The molecule has 1 atom stereocenters. The summed E-state index contributed by atoms with van der Waals surface area (Å²) in [7, 11) is 1.66. The first-order valence-electron chi connectivity index (χ1n) is 9.03. The summed E-state index contributed by atoms with van der Waals surface area (Å²) in [6.45, 7) is 1.17. The van der Waals surface area contributed by atoms with E-state index in [0.29, 0.717) is 18.8 Å². The van der Waals surface area contributed by atoms with Gasteiger partial charge in [0.25, 0.3) is 5.91 Å². The molecule has 6 nitrogen and oxygen atoms in total. The number of aromatic hydroxyl groups is 1. The fraction of sp³-hybridized carbons (Fsp3) is 0.238. The quantitative estimate of drug-likeness (QED) is 0.563. The van der Waals surface area contributed by atoms with Crippen molar-refractivity contribution in [3.05, 3.63) is 69.8 Å². The first-order chi connectivity index (χ1) is 13.6. The standard InChI is InChI=1S/C21H20BrN3O3/c1-28-11-3-10-25-20(14-4-2-5-15(22)12-14)17-18(23-24-19(17)21(25)27)13-6-8-16(26)9-7-13/h2,4-9,12,20,26H,3,10-11H2,1H3,(H,23,24). The van der Waals surface area contributed by atoms with Crippen LogP contribution in [0.2, 0.25) is 0 Å². The Morgan fingerprint density at radius 2 is 2.04 bits per heavy atom. The van der Waals surface area contributed by atoms with Crippen LogP contribution in [0.25, 0.3) is 11.3 Å². The lowest BCUT2D eigenvalue weighted by Gasteiger charge is -2.26. The number of aromatic nitrogens is 2. The number of aromatic amines is 1. The molecule has 1 aliphatic heterocycles. The van der Waals surface area contributed by atoms with Gasteiger partial charge in [-0.25, -0.2) is 0 Å². The molecule has 0 aliphatic carbocycles. The molecule has 0 saturated heterocycles. The van der Waals surface area contributed by atoms with E-state index in [1.165, 1.54) is 0 Å². The second kappa shape index (κ2) is 7.77. The van der Waals surface area contributed by atoms with E-state index in [9.17, 15) is 9.90 Å². The predicted octanol–water partition coefficient (Wildman–Crippen LogP) is 4.13. The normalized spacial score (nSPS) is 15.9. The Labute approximate surface area is 171 Å². The number of phenolic OH excluding ortho intramolecular Hbond substituents is 1. The topological polar surface area (TPSA) is 78.5 Å². The van der Waals surface area contributed by atoms with E-state index in [1.54, 1.807) is 19.2 Å². The molecule has 1 aromatic heterocycles. The molecule has 2 N–H and O–H groups in total. The Bertz CT molecular complexity index is 1000. The molecule has 0 radical (unpaired) electrons. The molecule has 4 rings (SSSR count). The van der Waals surface area contributed by atoms with Crippen LogP contribution in [0.5, 0.6) is 5.75 Å². The molecule has 7 heteroatoms. The van der Waals surface area contributed by atoms with E-state index in [0.717, 1.165) is 33.3 Å². The van der Waals surface area contributed by atoms with Gasteiger partial charge in [0.2, 0.25) is 0 Å². The lowest BCUT2D eigenvalue weighted by atomic mass is 9.96. The van der Waals surface area contributed by atoms with Gasteiger partial charge in [0, 0.05) is 35.9 Å². The number of nitrogens with zero attached hydrogens (tertiary/aromatic N) is 2. The van der Waals surface area contributed by atoms with E-state index in [4.69, 9.17) is 4.74 Å². The number of phenols is 1. The third-order valence-corrected chi connectivity index (χ3v) is 5.41. The average Bonchev–Trinajstić information content (AvgIpc) is 3.22. The number of ether oxygens (including phenoxy) is 1. The smallest absolute Gasteiger partial charge is 0.273 e. The molecule has 1 amide bonds. The number of carbonyl (C=O) groups excluding carboxylic acids is 1. The number of halogens is 1. The van der Waals surface area contributed by atoms with Crippen molar-refractivity contribution >= 4 is 21.8 Å². The summed E-state index contributed by atoms with van der Waals surface area (Å²) in [4.78, 5) is 15.0. The minimum atomic E-state index is -0.237. The lowest BCUT2D eigenvalue weighted by molar-refractivity contribution is 0.0723. The van der Waals surface area contributed by atoms with Crippen molar-refractivity contribution in [2.45, 2.75) is 12.5 Å². The Balaban J connectivity index is 1.82. The number of benzene rings is 2. The zero-order chi connectivity index (χ0) is 19.7. The van der Waals surface area contributed by atoms with Gasteiger partial charge in [-0.3, -0.25) is 9.89 Å². The third-order valence-electron chi connectivity index (χ3n) is 4.92. The van der Waals surface area contributed by atoms with E-state index >= 15 is 0 Å². The molecule has 0 bridgehead atoms. The molecule has 28 heavy (non-hydrogen) atoms. The van der Waals surface area contributed by atoms with Crippen LogP contribution < -0.4 is 0 Å². The zero-order valence-electron chi connectivity index (χ0n) is 15.4. The minimum absolute atomic E-state index is 0.0615. The van der Waals surface area contributed by atoms with Crippen molar-refractivity contribution in [3.63, 3.8) is 0 Å². The SMILES string of the molecule is COCCCN1C(=O)c2[nH]nc(-c3ccc(O)cc3)c2C1c1cccc(Br)c1. The lowest BCUT2D eigenvalue weighted by Crippen LogP contribution is -2.31. The van der Waals surface area contributed by atoms with Crippen LogP contribution in [0.15, 0.2) is 53.0 Å². The van der Waals surface area contributed by atoms with Crippen molar-refractivity contribution in [2.75, 3.05) is 20.3 Å². The highest BCUT2D eigenvalue weighted by molar-refractivity contribution is 9.10. The highest BCUT2D eigenvalue weighted by Gasteiger charge is 2.41. The number of H-pyrrole nitrogens is 1. The predicted molar refractivity (Wildman–Crippen MR) is 109 cm³/mol. The van der Waals surface area contributed by atoms with Gasteiger partial charge in [0.05, 0.1) is 11.7 Å². The third kappa shape index (κ3) is 3.31. The van der Waals surface area contributed by atoms with Crippen molar-refractivity contribution in [2.24, 2.45) is 0 Å². The molecule has 3 aromatic rings. The molecule has 144 valence electrons. The van der Waals surface area contributed by atoms with Crippen molar-refractivity contribution in [3.8, 4) is 17.0 Å². The molecule has 0 fully saturated rings. The van der Waals surface area contributed by atoms with Crippen molar-refractivity contribution < 1.29 is 14.6 Å². The minimum Gasteiger partial charge on any atom is -0.508 e. The number of amides is 1. The van der Waals surface area contributed by atoms with Gasteiger partial charge in [-0.15, -0.1) is 0 Å². The number of hydrogen-bond acceptors (Lipinski definition) is 4. The number of rotatable bonds is 6. The monoisotopic (exact) mass is 441 g/mol. The van der Waals surface area contributed by atoms with Crippen molar-refractivity contribution in [1.82, 2.24) is 15.1 Å². The average molecular weight is 442 g/mol. The Morgan fingerprint density at radius 3 is 2.75 bits per heavy atom. The Kier molecular flexibility index (Phi) is 5.19. The van der Waals surface area contributed by atoms with Crippen LogP contribution in [0.1, 0.15) is 34.1 Å². The fourth-order valence-corrected chi connectivity index (χ4v) is 4.09. The van der Waals surface area contributed by atoms with Gasteiger partial charge in [-0.05, 0) is 48.4 Å². The summed E-state index contributed by atoms with van der Waals surface area (Å²) < 4.78 is 6.13. The van der Waals surface area contributed by atoms with Crippen molar-refractivity contribution in [1.29, 1.82) is 0 Å². The van der Waals surface area contributed by atoms with E-state index < -0.39 is 0 Å². The largest absolute Gasteiger partial charge is 0.508 e. The molecular formula is C21H20BrN3O3. The second-order valence-corrected chi connectivity index (χ2v) is 7.63. The first-order valence-corrected chi connectivity index (χ1v) is 9.82. The zero-order valence-corrected chi connectivity index (χ0v) is 16.9. The molecule has 2 heterocycles. The highest BCUT2D eigenvalue weighted by Crippen LogP contribution is 2.43. The molecule has 1 aliphatic rings. The Morgan fingerprint density at radius 1 is 1.25 bits per heavy atom. The van der Waals surface area contributed by atoms with Gasteiger partial charge in [0.15, 0.2) is 0 Å². The van der Waals surface area contributed by atoms with Crippen LogP contribution in [-0.4, -0.2) is 46.4 Å². The summed E-state index contributed by atoms with van der Waals surface area (Å²) >= 11 is 3.54. The number of hydrogen-bond donors (Lipinski definition) is 2. The van der Waals surface area contributed by atoms with Gasteiger partial charge >= 0.3 is 0 Å². The summed E-state index contributed by atoms with van der Waals surface area (Å²) in [5, 5.41) is 17.0. The van der Waals surface area contributed by atoms with E-state index in [2.05, 4.69) is 26.1 Å². The van der Waals surface area contributed by atoms with Crippen LogP contribution >= 0.6 is 15.9 Å². The molecule has 0 saturated carbocycles. The molecule has 1 unspecified atom stereocenters. The van der Waals surface area contributed by atoms with Crippen LogP contribution in [0.4, 0.5) is 0 Å². The molecule has 0 spiro atoms. The van der Waals surface area contributed by atoms with Gasteiger partial charge in [-0.2, -0.15) is 5.10 Å². The summed E-state index contributed by atoms with van der Waals surface area (Å²) in [6.07, 6.45) is 0.749. The van der Waals surface area contributed by atoms with Crippen LogP contribution in [0, 0.1) is 0 Å². The maximum Gasteiger partial charge on any atom is 0.273 e. The summed E-state index contributed by atoms with van der Waals surface area (Å²) in [5.74, 6) is 0.130. The van der Waals surface area contributed by atoms with Gasteiger partial charge < -0.3 is 14.7 Å². The highest BCUT2D eigenvalue weighted by atomic mass is 79.9. The maximum absolute atomic E-state index is 13.1. The summed E-state index contributed by atoms with van der Waals surface area (Å²) in [5.41, 5.74) is 3.97. The number of carbonyl (C=O) groups is 1.